The van der Waals surface area contributed by atoms with Crippen LogP contribution in [0.1, 0.15) is 36.5 Å². The van der Waals surface area contributed by atoms with Crippen LogP contribution >= 0.6 is 0 Å². The predicted molar refractivity (Wildman–Crippen MR) is 75.7 cm³/mol. The molecule has 108 valence electrons. The molecule has 1 aromatic rings. The molecule has 1 aliphatic rings. The van der Waals surface area contributed by atoms with Crippen molar-refractivity contribution in [2.24, 2.45) is 0 Å². The van der Waals surface area contributed by atoms with Gasteiger partial charge in [-0.2, -0.15) is 0 Å². The lowest BCUT2D eigenvalue weighted by atomic mass is 10.1. The highest BCUT2D eigenvalue weighted by Gasteiger charge is 2.22. The molecule has 1 fully saturated rings. The third-order valence-electron chi connectivity index (χ3n) is 3.27. The number of rotatable bonds is 4. The van der Waals surface area contributed by atoms with E-state index in [1.165, 1.54) is 0 Å². The first-order valence-electron chi connectivity index (χ1n) is 7.02. The van der Waals surface area contributed by atoms with E-state index in [2.05, 4.69) is 10.6 Å². The SMILES string of the molecule is CCOc1ccc(C(=O)NC2CCCCNC2=O)cc1. The van der Waals surface area contributed by atoms with E-state index < -0.39 is 6.04 Å². The summed E-state index contributed by atoms with van der Waals surface area (Å²) in [5.41, 5.74) is 0.533. The quantitative estimate of drug-likeness (QED) is 0.875. The molecule has 1 aliphatic heterocycles. The molecule has 1 aromatic carbocycles. The molecule has 2 rings (SSSR count). The highest BCUT2D eigenvalue weighted by atomic mass is 16.5. The topological polar surface area (TPSA) is 67.4 Å². The molecule has 0 aromatic heterocycles. The smallest absolute Gasteiger partial charge is 0.251 e. The molecule has 0 aliphatic carbocycles. The van der Waals surface area contributed by atoms with Crippen LogP contribution in [0.4, 0.5) is 0 Å². The Balaban J connectivity index is 1.98. The molecule has 2 N–H and O–H groups in total. The van der Waals surface area contributed by atoms with Gasteiger partial charge in [0.25, 0.3) is 5.91 Å². The third-order valence-corrected chi connectivity index (χ3v) is 3.27. The highest BCUT2D eigenvalue weighted by molar-refractivity contribution is 5.97. The number of hydrogen-bond acceptors (Lipinski definition) is 3. The molecule has 0 radical (unpaired) electrons. The van der Waals surface area contributed by atoms with E-state index in [1.54, 1.807) is 24.3 Å². The molecule has 0 saturated carbocycles. The number of carbonyl (C=O) groups is 2. The summed E-state index contributed by atoms with van der Waals surface area (Å²) >= 11 is 0. The lowest BCUT2D eigenvalue weighted by Gasteiger charge is -2.15. The highest BCUT2D eigenvalue weighted by Crippen LogP contribution is 2.13. The average Bonchev–Trinajstić information content (AvgIpc) is 2.65. The average molecular weight is 276 g/mol. The monoisotopic (exact) mass is 276 g/mol. The zero-order valence-electron chi connectivity index (χ0n) is 11.6. The van der Waals surface area contributed by atoms with Crippen LogP contribution in [0.15, 0.2) is 24.3 Å². The number of hydrogen-bond donors (Lipinski definition) is 2. The normalized spacial score (nSPS) is 18.9. The molecule has 5 nitrogen and oxygen atoms in total. The summed E-state index contributed by atoms with van der Waals surface area (Å²) < 4.78 is 5.33. The number of benzene rings is 1. The number of nitrogens with one attached hydrogen (secondary N) is 2. The van der Waals surface area contributed by atoms with Crippen molar-refractivity contribution in [2.75, 3.05) is 13.2 Å². The van der Waals surface area contributed by atoms with Gasteiger partial charge in [-0.1, -0.05) is 0 Å². The Labute approximate surface area is 118 Å². The van der Waals surface area contributed by atoms with Crippen molar-refractivity contribution >= 4 is 11.8 Å². The van der Waals surface area contributed by atoms with Crippen molar-refractivity contribution in [2.45, 2.75) is 32.2 Å². The molecule has 20 heavy (non-hydrogen) atoms. The van der Waals surface area contributed by atoms with Crippen LogP contribution in [0.5, 0.6) is 5.75 Å². The molecule has 0 spiro atoms. The molecule has 1 saturated heterocycles. The van der Waals surface area contributed by atoms with Crippen molar-refractivity contribution < 1.29 is 14.3 Å². The first-order valence-corrected chi connectivity index (χ1v) is 7.02. The number of ether oxygens (including phenoxy) is 1. The van der Waals surface area contributed by atoms with Crippen molar-refractivity contribution in [1.29, 1.82) is 0 Å². The van der Waals surface area contributed by atoms with E-state index in [4.69, 9.17) is 4.74 Å². The van der Waals surface area contributed by atoms with Gasteiger partial charge in [0, 0.05) is 12.1 Å². The Hall–Kier alpha value is -2.04. The fraction of sp³-hybridized carbons (Fsp3) is 0.467. The van der Waals surface area contributed by atoms with Gasteiger partial charge in [-0.05, 0) is 50.5 Å². The second kappa shape index (κ2) is 6.93. The van der Waals surface area contributed by atoms with E-state index in [9.17, 15) is 9.59 Å². The second-order valence-electron chi connectivity index (χ2n) is 4.77. The van der Waals surface area contributed by atoms with Crippen molar-refractivity contribution in [3.05, 3.63) is 29.8 Å². The minimum Gasteiger partial charge on any atom is -0.494 e. The first-order chi connectivity index (χ1) is 9.70. The van der Waals surface area contributed by atoms with Crippen LogP contribution in [-0.4, -0.2) is 31.0 Å². The summed E-state index contributed by atoms with van der Waals surface area (Å²) in [7, 11) is 0. The standard InChI is InChI=1S/C15H20N2O3/c1-2-20-12-8-6-11(7-9-12)14(18)17-13-5-3-4-10-16-15(13)19/h6-9,13H,2-5,10H2,1H3,(H,16,19)(H,17,18). The van der Waals surface area contributed by atoms with Crippen LogP contribution in [0.2, 0.25) is 0 Å². The maximum absolute atomic E-state index is 12.1. The first kappa shape index (κ1) is 14.4. The van der Waals surface area contributed by atoms with Crippen LogP contribution in [0.3, 0.4) is 0 Å². The molecule has 5 heteroatoms. The van der Waals surface area contributed by atoms with Gasteiger partial charge in [0.1, 0.15) is 11.8 Å². The van der Waals surface area contributed by atoms with Crippen molar-refractivity contribution in [3.8, 4) is 5.75 Å². The van der Waals surface area contributed by atoms with Crippen LogP contribution in [0, 0.1) is 0 Å². The van der Waals surface area contributed by atoms with Crippen LogP contribution in [-0.2, 0) is 4.79 Å². The Morgan fingerprint density at radius 2 is 2.10 bits per heavy atom. The van der Waals surface area contributed by atoms with E-state index in [0.29, 0.717) is 25.1 Å². The fourth-order valence-electron chi connectivity index (χ4n) is 2.19. The van der Waals surface area contributed by atoms with E-state index in [1.807, 2.05) is 6.92 Å². The van der Waals surface area contributed by atoms with Crippen LogP contribution in [0.25, 0.3) is 0 Å². The van der Waals surface area contributed by atoms with Crippen LogP contribution < -0.4 is 15.4 Å². The van der Waals surface area contributed by atoms with E-state index in [0.717, 1.165) is 18.6 Å². The van der Waals surface area contributed by atoms with Crippen molar-refractivity contribution in [1.82, 2.24) is 10.6 Å². The number of amides is 2. The zero-order chi connectivity index (χ0) is 14.4. The fourth-order valence-corrected chi connectivity index (χ4v) is 2.19. The van der Waals surface area contributed by atoms with Gasteiger partial charge in [-0.15, -0.1) is 0 Å². The summed E-state index contributed by atoms with van der Waals surface area (Å²) in [6, 6.07) is 6.48. The summed E-state index contributed by atoms with van der Waals surface area (Å²) in [4.78, 5) is 23.9. The molecular weight excluding hydrogens is 256 g/mol. The van der Waals surface area contributed by atoms with Gasteiger partial charge >= 0.3 is 0 Å². The maximum atomic E-state index is 12.1. The summed E-state index contributed by atoms with van der Waals surface area (Å²) in [5, 5.41) is 5.59. The van der Waals surface area contributed by atoms with Gasteiger partial charge in [0.15, 0.2) is 0 Å². The Kier molecular flexibility index (Phi) is 4.98. The molecule has 1 atom stereocenters. The van der Waals surface area contributed by atoms with Crippen molar-refractivity contribution in [3.63, 3.8) is 0 Å². The third kappa shape index (κ3) is 3.73. The molecule has 1 heterocycles. The second-order valence-corrected chi connectivity index (χ2v) is 4.77. The van der Waals surface area contributed by atoms with Gasteiger partial charge in [-0.25, -0.2) is 0 Å². The zero-order valence-corrected chi connectivity index (χ0v) is 11.6. The Bertz CT molecular complexity index is 471. The summed E-state index contributed by atoms with van der Waals surface area (Å²) in [6.07, 6.45) is 2.59. The predicted octanol–water partition coefficient (Wildman–Crippen LogP) is 1.48. The summed E-state index contributed by atoms with van der Waals surface area (Å²) in [5.74, 6) is 0.410. The molecule has 2 amide bonds. The molecule has 0 bridgehead atoms. The minimum absolute atomic E-state index is 0.0956. The van der Waals surface area contributed by atoms with Gasteiger partial charge < -0.3 is 15.4 Å². The van der Waals surface area contributed by atoms with Gasteiger partial charge in [0.05, 0.1) is 6.61 Å². The lowest BCUT2D eigenvalue weighted by molar-refractivity contribution is -0.122. The van der Waals surface area contributed by atoms with Gasteiger partial charge in [0.2, 0.25) is 5.91 Å². The Morgan fingerprint density at radius 1 is 1.35 bits per heavy atom. The van der Waals surface area contributed by atoms with E-state index in [-0.39, 0.29) is 11.8 Å². The minimum atomic E-state index is -0.434. The lowest BCUT2D eigenvalue weighted by Crippen LogP contribution is -2.45. The van der Waals surface area contributed by atoms with E-state index >= 15 is 0 Å². The maximum Gasteiger partial charge on any atom is 0.251 e. The van der Waals surface area contributed by atoms with Gasteiger partial charge in [-0.3, -0.25) is 9.59 Å². The molecule has 1 unspecified atom stereocenters. The number of carbonyl (C=O) groups excluding carboxylic acids is 2. The molecular formula is C15H20N2O3. The summed E-state index contributed by atoms with van der Waals surface area (Å²) in [6.45, 7) is 3.19. The Morgan fingerprint density at radius 3 is 2.80 bits per heavy atom. The largest absolute Gasteiger partial charge is 0.494 e.